The molecule has 9 heteroatoms. The second-order valence-corrected chi connectivity index (χ2v) is 8.16. The first-order valence-electron chi connectivity index (χ1n) is 6.20. The smallest absolute Gasteiger partial charge is 0.186 e. The number of aryl methyl sites for hydroxylation is 1. The second kappa shape index (κ2) is 7.31. The molecule has 3 aromatic rings. The molecule has 0 aliphatic heterocycles. The number of halogens is 5. The lowest BCUT2D eigenvalue weighted by Crippen LogP contribution is -1.94. The van der Waals surface area contributed by atoms with Gasteiger partial charge < -0.3 is 0 Å². The van der Waals surface area contributed by atoms with Gasteiger partial charge in [-0.25, -0.2) is 14.1 Å². The number of hydrogen-bond donors (Lipinski definition) is 0. The first-order valence-corrected chi connectivity index (χ1v) is 8.98. The minimum absolute atomic E-state index is 0. The van der Waals surface area contributed by atoms with Crippen molar-refractivity contribution in [3.05, 3.63) is 42.9 Å². The van der Waals surface area contributed by atoms with Gasteiger partial charge in [-0.1, -0.05) is 17.7 Å². The van der Waals surface area contributed by atoms with Crippen molar-refractivity contribution in [1.82, 2.24) is 14.8 Å². The molecule has 1 aromatic carbocycles. The number of thiophene rings is 1. The Labute approximate surface area is 168 Å². The first kappa shape index (κ1) is 19.1. The summed E-state index contributed by atoms with van der Waals surface area (Å²) in [5, 5.41) is 4.61. The van der Waals surface area contributed by atoms with Crippen LogP contribution in [0.5, 0.6) is 0 Å². The quantitative estimate of drug-likeness (QED) is 0.372. The molecule has 0 amide bonds. The van der Waals surface area contributed by atoms with Gasteiger partial charge >= 0.3 is 0 Å². The maximum absolute atomic E-state index is 14.0. The van der Waals surface area contributed by atoms with Gasteiger partial charge in [0.25, 0.3) is 0 Å². The molecule has 0 saturated carbocycles. The summed E-state index contributed by atoms with van der Waals surface area (Å²) in [5.74, 6) is 0.513. The molecule has 122 valence electrons. The van der Waals surface area contributed by atoms with Crippen molar-refractivity contribution in [2.75, 3.05) is 0 Å². The number of hydrogen-bond acceptors (Lipinski definition) is 3. The molecule has 3 nitrogen and oxygen atoms in total. The molecular weight excluding hydrogens is 536 g/mol. The molecule has 0 aliphatic carbocycles. The maximum Gasteiger partial charge on any atom is 0.186 e. The minimum atomic E-state index is -0.435. The Morgan fingerprint density at radius 3 is 2.57 bits per heavy atom. The lowest BCUT2D eigenvalue weighted by molar-refractivity contribution is 0.629. The van der Waals surface area contributed by atoms with Crippen LogP contribution in [0, 0.1) is 12.7 Å². The van der Waals surface area contributed by atoms with Crippen LogP contribution in [0.2, 0.25) is 5.02 Å². The molecule has 0 bridgehead atoms. The molecule has 0 atom stereocenters. The Hall–Kier alpha value is -0.280. The summed E-state index contributed by atoms with van der Waals surface area (Å²) in [6.07, 6.45) is 0. The average molecular weight is 546 g/mol. The van der Waals surface area contributed by atoms with Crippen LogP contribution in [0.15, 0.2) is 26.5 Å². The summed E-state index contributed by atoms with van der Waals surface area (Å²) in [6.45, 7) is 1.99. The molecule has 0 spiro atoms. The maximum atomic E-state index is 14.0. The van der Waals surface area contributed by atoms with Crippen molar-refractivity contribution in [3.63, 3.8) is 0 Å². The van der Waals surface area contributed by atoms with Crippen LogP contribution < -0.4 is 0 Å². The monoisotopic (exact) mass is 543 g/mol. The highest BCUT2D eigenvalue weighted by Gasteiger charge is 2.21. The van der Waals surface area contributed by atoms with Crippen LogP contribution in [0.3, 0.4) is 0 Å². The molecule has 3 rings (SSSR count). The van der Waals surface area contributed by atoms with Crippen molar-refractivity contribution >= 4 is 71.8 Å². The summed E-state index contributed by atoms with van der Waals surface area (Å²) < 4.78 is 17.6. The van der Waals surface area contributed by atoms with Gasteiger partial charge in [0.05, 0.1) is 19.2 Å². The summed E-state index contributed by atoms with van der Waals surface area (Å²) in [5.41, 5.74) is 1.27. The number of benzene rings is 1. The van der Waals surface area contributed by atoms with Gasteiger partial charge in [0.2, 0.25) is 0 Å². The fourth-order valence-electron chi connectivity index (χ4n) is 2.07. The molecule has 0 fully saturated rings. The largest absolute Gasteiger partial charge is 0.248 e. The topological polar surface area (TPSA) is 30.7 Å². The average Bonchev–Trinajstić information content (AvgIpc) is 2.94. The van der Waals surface area contributed by atoms with E-state index in [4.69, 9.17) is 11.6 Å². The summed E-state index contributed by atoms with van der Waals surface area (Å²) in [7, 11) is 1.78. The zero-order chi connectivity index (χ0) is 16.0. The van der Waals surface area contributed by atoms with E-state index in [1.807, 2.05) is 6.92 Å². The van der Waals surface area contributed by atoms with Crippen molar-refractivity contribution in [3.8, 4) is 22.1 Å². The number of nitrogens with zero attached hydrogens (tertiary/aromatic N) is 3. The Balaban J connectivity index is 0.00000192. The number of rotatable bonds is 2. The van der Waals surface area contributed by atoms with Gasteiger partial charge in [0.1, 0.15) is 5.82 Å². The van der Waals surface area contributed by atoms with Crippen molar-refractivity contribution in [2.24, 2.45) is 7.05 Å². The fraction of sp³-hybridized carbons (Fsp3) is 0.143. The third-order valence-corrected chi connectivity index (χ3v) is 7.25. The molecule has 23 heavy (non-hydrogen) atoms. The van der Waals surface area contributed by atoms with E-state index in [0.29, 0.717) is 10.8 Å². The van der Waals surface area contributed by atoms with E-state index < -0.39 is 5.82 Å². The van der Waals surface area contributed by atoms with Crippen LogP contribution in [0.1, 0.15) is 5.56 Å². The summed E-state index contributed by atoms with van der Waals surface area (Å²) in [6, 6.07) is 4.53. The molecule has 0 N–H and O–H groups in total. The minimum Gasteiger partial charge on any atom is -0.248 e. The van der Waals surface area contributed by atoms with E-state index in [2.05, 4.69) is 41.9 Å². The van der Waals surface area contributed by atoms with Gasteiger partial charge in [-0.15, -0.1) is 28.3 Å². The molecule has 0 unspecified atom stereocenters. The van der Waals surface area contributed by atoms with E-state index in [1.165, 1.54) is 6.07 Å². The van der Waals surface area contributed by atoms with Gasteiger partial charge in [0.15, 0.2) is 11.6 Å². The molecule has 2 aromatic heterocycles. The summed E-state index contributed by atoms with van der Waals surface area (Å²) >= 11 is 14.7. The Morgan fingerprint density at radius 2 is 2.00 bits per heavy atom. The zero-order valence-corrected chi connectivity index (χ0v) is 18.4. The Kier molecular flexibility index (Phi) is 6.05. The standard InChI is InChI=1S/C14H9Br2ClFN3S.BrH/c1-6-10(15)12(16)22-11(6)14-19-13(20-21(14)2)9-7(17)4-3-5-8(9)18;/h3-5H,1-2H3;1H. The number of aromatic nitrogens is 3. The lowest BCUT2D eigenvalue weighted by Gasteiger charge is -2.00. The van der Waals surface area contributed by atoms with Crippen molar-refractivity contribution in [2.45, 2.75) is 6.92 Å². The van der Waals surface area contributed by atoms with Crippen LogP contribution in [0.4, 0.5) is 4.39 Å². The van der Waals surface area contributed by atoms with Gasteiger partial charge in [0, 0.05) is 11.5 Å². The predicted octanol–water partition coefficient (Wildman–Crippen LogP) is 6.41. The second-order valence-electron chi connectivity index (χ2n) is 4.62. The lowest BCUT2D eigenvalue weighted by atomic mass is 10.2. The molecular formula is C14H10Br3ClFN3S. The van der Waals surface area contributed by atoms with Gasteiger partial charge in [-0.05, 0) is 56.5 Å². The van der Waals surface area contributed by atoms with Crippen LogP contribution >= 0.6 is 71.8 Å². The molecule has 0 aliphatic rings. The highest BCUT2D eigenvalue weighted by Crippen LogP contribution is 2.42. The first-order chi connectivity index (χ1) is 10.4. The van der Waals surface area contributed by atoms with Crippen molar-refractivity contribution < 1.29 is 4.39 Å². The molecule has 2 heterocycles. The van der Waals surface area contributed by atoms with E-state index in [0.717, 1.165) is 18.7 Å². The van der Waals surface area contributed by atoms with Gasteiger partial charge in [-0.2, -0.15) is 5.10 Å². The van der Waals surface area contributed by atoms with E-state index in [-0.39, 0.29) is 28.4 Å². The highest BCUT2D eigenvalue weighted by atomic mass is 79.9. The van der Waals surface area contributed by atoms with Crippen LogP contribution in [-0.2, 0) is 7.05 Å². The Bertz CT molecular complexity index is 858. The third kappa shape index (κ3) is 3.42. The van der Waals surface area contributed by atoms with Crippen LogP contribution in [0.25, 0.3) is 22.1 Å². The molecule has 0 saturated heterocycles. The van der Waals surface area contributed by atoms with Crippen LogP contribution in [-0.4, -0.2) is 14.8 Å². The predicted molar refractivity (Wildman–Crippen MR) is 105 cm³/mol. The molecule has 0 radical (unpaired) electrons. The zero-order valence-electron chi connectivity index (χ0n) is 11.9. The fourth-order valence-corrected chi connectivity index (χ4v) is 4.62. The third-order valence-electron chi connectivity index (χ3n) is 3.19. The Morgan fingerprint density at radius 1 is 1.30 bits per heavy atom. The van der Waals surface area contributed by atoms with Crippen molar-refractivity contribution in [1.29, 1.82) is 0 Å². The SMILES string of the molecule is Br.Cc1c(-c2nc(-c3c(F)cccc3Cl)nn2C)sc(Br)c1Br. The van der Waals surface area contributed by atoms with E-state index in [1.54, 1.807) is 35.2 Å². The summed E-state index contributed by atoms with van der Waals surface area (Å²) in [4.78, 5) is 5.45. The highest BCUT2D eigenvalue weighted by molar-refractivity contribution is 9.13. The van der Waals surface area contributed by atoms with E-state index in [9.17, 15) is 4.39 Å². The normalized spacial score (nSPS) is 10.7. The van der Waals surface area contributed by atoms with Gasteiger partial charge in [-0.3, -0.25) is 0 Å². The van der Waals surface area contributed by atoms with E-state index >= 15 is 0 Å².